The van der Waals surface area contributed by atoms with Gasteiger partial charge in [-0.15, -0.1) is 0 Å². The maximum atomic E-state index is 12.5. The van der Waals surface area contributed by atoms with Gasteiger partial charge in [-0.1, -0.05) is 36.4 Å². The van der Waals surface area contributed by atoms with Gasteiger partial charge in [0.05, 0.1) is 18.4 Å². The highest BCUT2D eigenvalue weighted by Crippen LogP contribution is 2.25. The van der Waals surface area contributed by atoms with Crippen LogP contribution in [0.1, 0.15) is 16.1 Å². The number of fused-ring (bicyclic) bond motifs is 2. The molecule has 0 spiro atoms. The van der Waals surface area contributed by atoms with Gasteiger partial charge < -0.3 is 19.5 Å². The lowest BCUT2D eigenvalue weighted by molar-refractivity contribution is 0.0947. The maximum Gasteiger partial charge on any atom is 0.262 e. The number of aromatic nitrogens is 2. The standard InChI is InChI=1S/C20H17N3O4/c1-12-16(17-19(25)22-11-23-20(17)27-12)18(24)21-9-10-26-15-8-4-6-13-5-2-3-7-14(13)15/h2-8,11H,9-10H2,1H3,(H,21,24)(H,22,23,25). The summed E-state index contributed by atoms with van der Waals surface area (Å²) in [5.74, 6) is 0.709. The molecule has 0 atom stereocenters. The number of nitrogens with zero attached hydrogens (tertiary/aromatic N) is 1. The fourth-order valence-corrected chi connectivity index (χ4v) is 3.06. The number of aromatic amines is 1. The van der Waals surface area contributed by atoms with E-state index in [9.17, 15) is 9.59 Å². The zero-order chi connectivity index (χ0) is 18.8. The number of H-pyrrole nitrogens is 1. The van der Waals surface area contributed by atoms with Gasteiger partial charge in [-0.25, -0.2) is 4.98 Å². The lowest BCUT2D eigenvalue weighted by atomic mass is 10.1. The third kappa shape index (κ3) is 3.15. The average Bonchev–Trinajstić information content (AvgIpc) is 3.02. The zero-order valence-corrected chi connectivity index (χ0v) is 14.6. The second kappa shape index (κ2) is 6.95. The summed E-state index contributed by atoms with van der Waals surface area (Å²) in [6.45, 7) is 2.21. The van der Waals surface area contributed by atoms with Crippen LogP contribution in [0.25, 0.3) is 21.9 Å². The topological polar surface area (TPSA) is 97.2 Å². The van der Waals surface area contributed by atoms with E-state index in [4.69, 9.17) is 9.15 Å². The molecule has 2 aromatic carbocycles. The van der Waals surface area contributed by atoms with Gasteiger partial charge in [-0.2, -0.15) is 0 Å². The number of carbonyl (C=O) groups is 1. The molecule has 136 valence electrons. The molecule has 0 aliphatic carbocycles. The highest BCUT2D eigenvalue weighted by atomic mass is 16.5. The molecule has 4 aromatic rings. The van der Waals surface area contributed by atoms with E-state index in [2.05, 4.69) is 15.3 Å². The van der Waals surface area contributed by atoms with Crippen molar-refractivity contribution in [3.63, 3.8) is 0 Å². The quantitative estimate of drug-likeness (QED) is 0.532. The van der Waals surface area contributed by atoms with Crippen molar-refractivity contribution in [1.82, 2.24) is 15.3 Å². The molecule has 0 saturated heterocycles. The van der Waals surface area contributed by atoms with Crippen LogP contribution >= 0.6 is 0 Å². The minimum atomic E-state index is -0.408. The highest BCUT2D eigenvalue weighted by Gasteiger charge is 2.21. The average molecular weight is 363 g/mol. The van der Waals surface area contributed by atoms with E-state index in [1.165, 1.54) is 6.33 Å². The number of nitrogens with one attached hydrogen (secondary N) is 2. The van der Waals surface area contributed by atoms with E-state index >= 15 is 0 Å². The molecule has 2 aromatic heterocycles. The first kappa shape index (κ1) is 16.8. The van der Waals surface area contributed by atoms with E-state index in [1.54, 1.807) is 6.92 Å². The molecule has 0 unspecified atom stereocenters. The number of furan rings is 1. The molecule has 0 bridgehead atoms. The normalized spacial score (nSPS) is 11.0. The zero-order valence-electron chi connectivity index (χ0n) is 14.6. The van der Waals surface area contributed by atoms with Gasteiger partial charge in [0.2, 0.25) is 5.71 Å². The predicted molar refractivity (Wildman–Crippen MR) is 101 cm³/mol. The first-order chi connectivity index (χ1) is 13.1. The summed E-state index contributed by atoms with van der Waals surface area (Å²) < 4.78 is 11.2. The van der Waals surface area contributed by atoms with Gasteiger partial charge in [0, 0.05) is 5.39 Å². The van der Waals surface area contributed by atoms with E-state index in [0.717, 1.165) is 16.5 Å². The molecule has 7 heteroatoms. The summed E-state index contributed by atoms with van der Waals surface area (Å²) in [4.78, 5) is 30.9. The first-order valence-corrected chi connectivity index (χ1v) is 8.50. The van der Waals surface area contributed by atoms with Crippen LogP contribution in [0.3, 0.4) is 0 Å². The monoisotopic (exact) mass is 363 g/mol. The Bertz CT molecular complexity index is 1190. The Morgan fingerprint density at radius 2 is 2.04 bits per heavy atom. The molecule has 27 heavy (non-hydrogen) atoms. The van der Waals surface area contributed by atoms with Crippen LogP contribution < -0.4 is 15.6 Å². The molecule has 7 nitrogen and oxygen atoms in total. The van der Waals surface area contributed by atoms with E-state index in [-0.39, 0.29) is 23.2 Å². The number of hydrogen-bond donors (Lipinski definition) is 2. The number of benzene rings is 2. The molecule has 1 amide bonds. The lowest BCUT2D eigenvalue weighted by Crippen LogP contribution is -2.29. The summed E-state index contributed by atoms with van der Waals surface area (Å²) in [5, 5.41) is 5.02. The number of hydrogen-bond acceptors (Lipinski definition) is 5. The van der Waals surface area contributed by atoms with Gasteiger partial charge in [-0.3, -0.25) is 9.59 Å². The molecule has 0 aliphatic rings. The van der Waals surface area contributed by atoms with Crippen molar-refractivity contribution < 1.29 is 13.9 Å². The van der Waals surface area contributed by atoms with Crippen LogP contribution in [0.5, 0.6) is 5.75 Å². The summed E-state index contributed by atoms with van der Waals surface area (Å²) in [6, 6.07) is 13.8. The molecular formula is C20H17N3O4. The third-order valence-electron chi connectivity index (χ3n) is 4.29. The van der Waals surface area contributed by atoms with Crippen LogP contribution in [-0.2, 0) is 0 Å². The van der Waals surface area contributed by atoms with Crippen LogP contribution in [0.15, 0.2) is 58.0 Å². The third-order valence-corrected chi connectivity index (χ3v) is 4.29. The number of rotatable bonds is 5. The minimum absolute atomic E-state index is 0.147. The Kier molecular flexibility index (Phi) is 4.33. The lowest BCUT2D eigenvalue weighted by Gasteiger charge is -2.10. The van der Waals surface area contributed by atoms with Crippen LogP contribution in [0.2, 0.25) is 0 Å². The Morgan fingerprint density at radius 3 is 2.93 bits per heavy atom. The molecule has 0 aliphatic heterocycles. The van der Waals surface area contributed by atoms with Gasteiger partial charge in [0.1, 0.15) is 23.5 Å². The maximum absolute atomic E-state index is 12.5. The number of amides is 1. The van der Waals surface area contributed by atoms with Crippen molar-refractivity contribution in [2.24, 2.45) is 0 Å². The Labute approximate surface area is 154 Å². The van der Waals surface area contributed by atoms with Crippen LogP contribution in [0.4, 0.5) is 0 Å². The first-order valence-electron chi connectivity index (χ1n) is 8.50. The smallest absolute Gasteiger partial charge is 0.262 e. The molecule has 0 saturated carbocycles. The van der Waals surface area contributed by atoms with Crippen molar-refractivity contribution in [1.29, 1.82) is 0 Å². The van der Waals surface area contributed by atoms with Crippen LogP contribution in [0, 0.1) is 6.92 Å². The Morgan fingerprint density at radius 1 is 1.22 bits per heavy atom. The number of aryl methyl sites for hydroxylation is 1. The number of carbonyl (C=O) groups excluding carboxylic acids is 1. The summed E-state index contributed by atoms with van der Waals surface area (Å²) >= 11 is 0. The fourth-order valence-electron chi connectivity index (χ4n) is 3.06. The highest BCUT2D eigenvalue weighted by molar-refractivity contribution is 6.06. The SMILES string of the molecule is Cc1oc2nc[nH]c(=O)c2c1C(=O)NCCOc1cccc2ccccc12. The van der Waals surface area contributed by atoms with Crippen molar-refractivity contribution in [3.05, 3.63) is 70.5 Å². The Hall–Kier alpha value is -3.61. The van der Waals surface area contributed by atoms with Crippen LogP contribution in [-0.4, -0.2) is 29.0 Å². The van der Waals surface area contributed by atoms with E-state index in [0.29, 0.717) is 12.4 Å². The molecule has 0 radical (unpaired) electrons. The van der Waals surface area contributed by atoms with Crippen molar-refractivity contribution in [2.75, 3.05) is 13.2 Å². The summed E-state index contributed by atoms with van der Waals surface area (Å²) in [6.07, 6.45) is 1.24. The van der Waals surface area contributed by atoms with Gasteiger partial charge in [0.15, 0.2) is 0 Å². The van der Waals surface area contributed by atoms with Crippen molar-refractivity contribution >= 4 is 27.8 Å². The molecule has 4 rings (SSSR count). The molecular weight excluding hydrogens is 346 g/mol. The Balaban J connectivity index is 1.45. The van der Waals surface area contributed by atoms with Gasteiger partial charge in [0.25, 0.3) is 11.5 Å². The minimum Gasteiger partial charge on any atom is -0.491 e. The molecule has 2 heterocycles. The van der Waals surface area contributed by atoms with E-state index < -0.39 is 11.5 Å². The predicted octanol–water partition coefficient (Wildman–Crippen LogP) is 2.79. The number of ether oxygens (including phenoxy) is 1. The van der Waals surface area contributed by atoms with Gasteiger partial charge >= 0.3 is 0 Å². The summed E-state index contributed by atoms with van der Waals surface area (Å²) in [7, 11) is 0. The second-order valence-electron chi connectivity index (χ2n) is 6.03. The fraction of sp³-hybridized carbons (Fsp3) is 0.150. The second-order valence-corrected chi connectivity index (χ2v) is 6.03. The molecule has 0 fully saturated rings. The summed E-state index contributed by atoms with van der Waals surface area (Å²) in [5.41, 5.74) is -0.0630. The largest absolute Gasteiger partial charge is 0.491 e. The molecule has 2 N–H and O–H groups in total. The van der Waals surface area contributed by atoms with Crippen molar-refractivity contribution in [2.45, 2.75) is 6.92 Å². The van der Waals surface area contributed by atoms with Gasteiger partial charge in [-0.05, 0) is 18.4 Å². The van der Waals surface area contributed by atoms with E-state index in [1.807, 2.05) is 42.5 Å². The van der Waals surface area contributed by atoms with Crippen molar-refractivity contribution in [3.8, 4) is 5.75 Å².